The van der Waals surface area contributed by atoms with Gasteiger partial charge in [-0.15, -0.1) is 0 Å². The number of carboxylic acid groups (broad SMARTS) is 1. The van der Waals surface area contributed by atoms with E-state index in [-0.39, 0.29) is 11.4 Å². The molecule has 0 heterocycles. The maximum Gasteiger partial charge on any atom is 0.327 e. The van der Waals surface area contributed by atoms with Gasteiger partial charge in [0.25, 0.3) is 5.69 Å². The van der Waals surface area contributed by atoms with Crippen LogP contribution in [-0.2, 0) is 16.0 Å². The fraction of sp³-hybridized carbons (Fsp3) is 0.385. The Balaban J connectivity index is 2.48. The smallest absolute Gasteiger partial charge is 0.327 e. The van der Waals surface area contributed by atoms with Crippen LogP contribution in [0.2, 0.25) is 0 Å². The van der Waals surface area contributed by atoms with E-state index in [1.54, 1.807) is 18.2 Å². The van der Waals surface area contributed by atoms with Crippen molar-refractivity contribution in [1.29, 1.82) is 0 Å². The molecule has 0 spiro atoms. The van der Waals surface area contributed by atoms with E-state index < -0.39 is 22.8 Å². The lowest BCUT2D eigenvalue weighted by molar-refractivity contribution is -0.385. The van der Waals surface area contributed by atoms with Gasteiger partial charge in [0.15, 0.2) is 0 Å². The van der Waals surface area contributed by atoms with Crippen LogP contribution in [0.3, 0.4) is 0 Å². The largest absolute Gasteiger partial charge is 0.480 e. The second-order valence-electron chi connectivity index (χ2n) is 4.30. The van der Waals surface area contributed by atoms with Gasteiger partial charge >= 0.3 is 5.97 Å². The van der Waals surface area contributed by atoms with Crippen LogP contribution in [-0.4, -0.2) is 39.5 Å². The number of benzene rings is 1. The Hall–Kier alpha value is -2.09. The molecule has 0 saturated carbocycles. The number of aryl methyl sites for hydroxylation is 1. The number of carboxylic acids is 1. The molecule has 0 fully saturated rings. The molecule has 1 aromatic rings. The van der Waals surface area contributed by atoms with Crippen molar-refractivity contribution in [2.24, 2.45) is 0 Å². The van der Waals surface area contributed by atoms with Crippen molar-refractivity contribution in [3.63, 3.8) is 0 Å². The van der Waals surface area contributed by atoms with Gasteiger partial charge in [0.05, 0.1) is 4.92 Å². The van der Waals surface area contributed by atoms with Crippen molar-refractivity contribution >= 4 is 29.3 Å². The van der Waals surface area contributed by atoms with E-state index in [1.807, 2.05) is 0 Å². The number of para-hydroxylation sites is 1. The minimum atomic E-state index is -1.09. The number of carbonyl (C=O) groups is 2. The molecule has 8 heteroatoms. The Morgan fingerprint density at radius 1 is 1.43 bits per heavy atom. The summed E-state index contributed by atoms with van der Waals surface area (Å²) in [7, 11) is 0. The minimum Gasteiger partial charge on any atom is -0.480 e. The number of rotatable bonds is 8. The second kappa shape index (κ2) is 8.25. The number of amides is 1. The van der Waals surface area contributed by atoms with E-state index in [0.29, 0.717) is 17.7 Å². The zero-order valence-electron chi connectivity index (χ0n) is 11.4. The predicted molar refractivity (Wildman–Crippen MR) is 79.4 cm³/mol. The molecular formula is C13H16N2O5S. The van der Waals surface area contributed by atoms with Gasteiger partial charge in [-0.05, 0) is 12.2 Å². The minimum absolute atomic E-state index is 0.0646. The van der Waals surface area contributed by atoms with Crippen LogP contribution in [0.5, 0.6) is 0 Å². The summed E-state index contributed by atoms with van der Waals surface area (Å²) in [6.45, 7) is 1.26. The summed E-state index contributed by atoms with van der Waals surface area (Å²) in [5.74, 6) is -0.742. The van der Waals surface area contributed by atoms with E-state index in [1.165, 1.54) is 24.8 Å². The molecule has 0 aliphatic rings. The molecule has 2 N–H and O–H groups in total. The van der Waals surface area contributed by atoms with Crippen LogP contribution >= 0.6 is 11.8 Å². The molecular weight excluding hydrogens is 296 g/mol. The summed E-state index contributed by atoms with van der Waals surface area (Å²) in [5, 5.41) is 22.1. The molecule has 0 aliphatic heterocycles. The van der Waals surface area contributed by atoms with Gasteiger partial charge in [0.2, 0.25) is 5.91 Å². The number of aliphatic carboxylic acids is 1. The SMILES string of the molecule is CC(=O)N[C@@H](CSCCc1ccccc1[N+](=O)[O-])C(=O)O. The third-order valence-corrected chi connectivity index (χ3v) is 3.73. The molecule has 0 aliphatic carbocycles. The number of nitrogens with zero attached hydrogens (tertiary/aromatic N) is 1. The molecule has 0 unspecified atom stereocenters. The first-order chi connectivity index (χ1) is 9.91. The number of nitrogens with one attached hydrogen (secondary N) is 1. The summed E-state index contributed by atoms with van der Waals surface area (Å²) < 4.78 is 0. The third kappa shape index (κ3) is 5.82. The lowest BCUT2D eigenvalue weighted by atomic mass is 10.1. The number of nitro groups is 1. The standard InChI is InChI=1S/C13H16N2O5S/c1-9(16)14-11(13(17)18)8-21-7-6-10-4-2-3-5-12(10)15(19)20/h2-5,11H,6-8H2,1H3,(H,14,16)(H,17,18)/t11-/m0/s1. The summed E-state index contributed by atoms with van der Waals surface area (Å²) in [6.07, 6.45) is 0.466. The van der Waals surface area contributed by atoms with Crippen LogP contribution in [0.4, 0.5) is 5.69 Å². The Morgan fingerprint density at radius 2 is 2.10 bits per heavy atom. The van der Waals surface area contributed by atoms with Crippen molar-refractivity contribution in [3.8, 4) is 0 Å². The van der Waals surface area contributed by atoms with Gasteiger partial charge < -0.3 is 10.4 Å². The lowest BCUT2D eigenvalue weighted by Gasteiger charge is -2.12. The average molecular weight is 312 g/mol. The van der Waals surface area contributed by atoms with Crippen LogP contribution in [0, 0.1) is 10.1 Å². The Morgan fingerprint density at radius 3 is 2.67 bits per heavy atom. The Bertz CT molecular complexity index is 535. The van der Waals surface area contributed by atoms with E-state index >= 15 is 0 Å². The van der Waals surface area contributed by atoms with E-state index in [4.69, 9.17) is 5.11 Å². The molecule has 1 atom stereocenters. The summed E-state index contributed by atoms with van der Waals surface area (Å²) >= 11 is 1.33. The van der Waals surface area contributed by atoms with Gasteiger partial charge in [-0.1, -0.05) is 18.2 Å². The molecule has 7 nitrogen and oxygen atoms in total. The second-order valence-corrected chi connectivity index (χ2v) is 5.45. The highest BCUT2D eigenvalue weighted by atomic mass is 32.2. The molecule has 0 aromatic heterocycles. The summed E-state index contributed by atoms with van der Waals surface area (Å²) in [5.41, 5.74) is 0.677. The van der Waals surface area contributed by atoms with Crippen LogP contribution in [0.25, 0.3) is 0 Å². The van der Waals surface area contributed by atoms with Crippen molar-refractivity contribution < 1.29 is 19.6 Å². The first-order valence-corrected chi connectivity index (χ1v) is 7.37. The number of hydrogen-bond acceptors (Lipinski definition) is 5. The van der Waals surface area contributed by atoms with Crippen molar-refractivity contribution in [2.45, 2.75) is 19.4 Å². The van der Waals surface area contributed by atoms with E-state index in [9.17, 15) is 19.7 Å². The van der Waals surface area contributed by atoms with Gasteiger partial charge in [-0.3, -0.25) is 14.9 Å². The molecule has 0 bridgehead atoms. The first kappa shape index (κ1) is 17.0. The van der Waals surface area contributed by atoms with Crippen molar-refractivity contribution in [3.05, 3.63) is 39.9 Å². The Kier molecular flexibility index (Phi) is 6.67. The van der Waals surface area contributed by atoms with Crippen molar-refractivity contribution in [2.75, 3.05) is 11.5 Å². The molecule has 1 aromatic carbocycles. The number of thioether (sulfide) groups is 1. The van der Waals surface area contributed by atoms with Crippen LogP contribution in [0.1, 0.15) is 12.5 Å². The number of carbonyl (C=O) groups excluding carboxylic acids is 1. The highest BCUT2D eigenvalue weighted by Crippen LogP contribution is 2.19. The molecule has 1 rings (SSSR count). The van der Waals surface area contributed by atoms with Gasteiger partial charge in [-0.25, -0.2) is 4.79 Å². The fourth-order valence-corrected chi connectivity index (χ4v) is 2.70. The predicted octanol–water partition coefficient (Wildman–Crippen LogP) is 1.46. The molecule has 114 valence electrons. The zero-order valence-corrected chi connectivity index (χ0v) is 12.3. The summed E-state index contributed by atoms with van der Waals surface area (Å²) in [4.78, 5) is 32.2. The van der Waals surface area contributed by atoms with E-state index in [0.717, 1.165) is 0 Å². The molecule has 0 saturated heterocycles. The molecule has 0 radical (unpaired) electrons. The normalized spacial score (nSPS) is 11.7. The molecule has 21 heavy (non-hydrogen) atoms. The number of hydrogen-bond donors (Lipinski definition) is 2. The molecule has 1 amide bonds. The Labute approximate surface area is 125 Å². The third-order valence-electron chi connectivity index (χ3n) is 2.66. The van der Waals surface area contributed by atoms with Crippen LogP contribution < -0.4 is 5.32 Å². The van der Waals surface area contributed by atoms with Crippen LogP contribution in [0.15, 0.2) is 24.3 Å². The maximum absolute atomic E-state index is 10.9. The quantitative estimate of drug-likeness (QED) is 0.427. The zero-order chi connectivity index (χ0) is 15.8. The summed E-state index contributed by atoms with van der Waals surface area (Å²) in [6, 6.07) is 5.51. The topological polar surface area (TPSA) is 110 Å². The lowest BCUT2D eigenvalue weighted by Crippen LogP contribution is -2.41. The number of nitro benzene ring substituents is 1. The van der Waals surface area contributed by atoms with Gasteiger partial charge in [-0.2, -0.15) is 11.8 Å². The van der Waals surface area contributed by atoms with Crippen molar-refractivity contribution in [1.82, 2.24) is 5.32 Å². The highest BCUT2D eigenvalue weighted by Gasteiger charge is 2.18. The highest BCUT2D eigenvalue weighted by molar-refractivity contribution is 7.99. The maximum atomic E-state index is 10.9. The van der Waals surface area contributed by atoms with Gasteiger partial charge in [0.1, 0.15) is 6.04 Å². The monoisotopic (exact) mass is 312 g/mol. The van der Waals surface area contributed by atoms with Gasteiger partial charge in [0, 0.05) is 24.3 Å². The van der Waals surface area contributed by atoms with E-state index in [2.05, 4.69) is 5.32 Å². The first-order valence-electron chi connectivity index (χ1n) is 6.21. The fourth-order valence-electron chi connectivity index (χ4n) is 1.70. The average Bonchev–Trinajstić information content (AvgIpc) is 2.41.